The van der Waals surface area contributed by atoms with Crippen LogP contribution in [-0.2, 0) is 0 Å². The number of aliphatic hydroxyl groups excluding tert-OH is 1. The number of nitrogens with zero attached hydrogens (tertiary/aromatic N) is 1. The van der Waals surface area contributed by atoms with Crippen molar-refractivity contribution in [1.29, 1.82) is 0 Å². The fourth-order valence-electron chi connectivity index (χ4n) is 1.61. The Balaban J connectivity index is 2.31. The fraction of sp³-hybridized carbons (Fsp3) is 0.250. The van der Waals surface area contributed by atoms with Gasteiger partial charge in [-0.1, -0.05) is 18.2 Å². The van der Waals surface area contributed by atoms with E-state index >= 15 is 0 Å². The molecule has 1 heterocycles. The minimum absolute atomic E-state index is 0.514. The topological polar surface area (TPSA) is 56.6 Å². The van der Waals surface area contributed by atoms with Gasteiger partial charge in [0.25, 0.3) is 0 Å². The first-order valence-electron chi connectivity index (χ1n) is 5.23. The summed E-state index contributed by atoms with van der Waals surface area (Å²) in [4.78, 5) is 0. The average Bonchev–Trinajstić information content (AvgIpc) is 2.51. The smallest absolute Gasteiger partial charge is 0.0929 e. The van der Waals surface area contributed by atoms with Gasteiger partial charge < -0.3 is 10.4 Å². The van der Waals surface area contributed by atoms with Crippen molar-refractivity contribution < 1.29 is 5.11 Å². The minimum atomic E-state index is -0.540. The van der Waals surface area contributed by atoms with E-state index in [0.29, 0.717) is 6.54 Å². The van der Waals surface area contributed by atoms with Crippen LogP contribution < -0.4 is 10.7 Å². The highest BCUT2D eigenvalue weighted by Gasteiger charge is 2.11. The van der Waals surface area contributed by atoms with Crippen LogP contribution in [0.25, 0.3) is 6.08 Å². The third-order valence-corrected chi connectivity index (χ3v) is 2.46. The molecule has 1 aliphatic heterocycles. The lowest BCUT2D eigenvalue weighted by molar-refractivity contribution is 0.217. The van der Waals surface area contributed by atoms with Crippen molar-refractivity contribution in [1.82, 2.24) is 5.32 Å². The molecule has 4 heteroatoms. The monoisotopic (exact) mass is 217 g/mol. The maximum atomic E-state index is 9.87. The Morgan fingerprint density at radius 2 is 2.25 bits per heavy atom. The van der Waals surface area contributed by atoms with Gasteiger partial charge in [-0.3, -0.25) is 5.43 Å². The zero-order valence-electron chi connectivity index (χ0n) is 9.14. The van der Waals surface area contributed by atoms with Crippen LogP contribution in [0.4, 0.5) is 5.69 Å². The van der Waals surface area contributed by atoms with Crippen LogP contribution in [0, 0.1) is 0 Å². The Morgan fingerprint density at radius 1 is 1.44 bits per heavy atom. The van der Waals surface area contributed by atoms with Crippen molar-refractivity contribution in [2.24, 2.45) is 5.10 Å². The number of hydrogen-bond donors (Lipinski definition) is 3. The van der Waals surface area contributed by atoms with Crippen LogP contribution in [0.3, 0.4) is 0 Å². The van der Waals surface area contributed by atoms with Gasteiger partial charge in [-0.05, 0) is 24.8 Å². The Hall–Kier alpha value is -1.65. The summed E-state index contributed by atoms with van der Waals surface area (Å²) in [6, 6.07) is 7.86. The molecule has 16 heavy (non-hydrogen) atoms. The van der Waals surface area contributed by atoms with Crippen molar-refractivity contribution in [3.05, 3.63) is 35.4 Å². The molecule has 1 atom stereocenters. The molecule has 1 aromatic rings. The molecule has 2 rings (SSSR count). The second-order valence-electron chi connectivity index (χ2n) is 3.68. The molecule has 0 bridgehead atoms. The molecule has 0 aliphatic carbocycles. The predicted octanol–water partition coefficient (Wildman–Crippen LogP) is 1.06. The van der Waals surface area contributed by atoms with Crippen molar-refractivity contribution >= 4 is 18.0 Å². The first kappa shape index (κ1) is 10.9. The maximum Gasteiger partial charge on any atom is 0.0929 e. The minimum Gasteiger partial charge on any atom is -0.387 e. The molecule has 0 saturated heterocycles. The molecule has 84 valence electrons. The molecule has 0 fully saturated rings. The van der Waals surface area contributed by atoms with Gasteiger partial charge in [-0.15, -0.1) is 0 Å². The summed E-state index contributed by atoms with van der Waals surface area (Å²) in [6.45, 7) is 0.514. The molecule has 1 unspecified atom stereocenters. The number of fused-ring (bicyclic) bond motifs is 1. The summed E-state index contributed by atoms with van der Waals surface area (Å²) in [7, 11) is 1.81. The van der Waals surface area contributed by atoms with E-state index in [1.807, 2.05) is 37.4 Å². The van der Waals surface area contributed by atoms with E-state index in [1.54, 1.807) is 6.21 Å². The number of anilines is 1. The number of rotatable bonds is 3. The zero-order valence-corrected chi connectivity index (χ0v) is 9.14. The quantitative estimate of drug-likeness (QED) is 0.709. The average molecular weight is 217 g/mol. The molecule has 0 saturated carbocycles. The number of para-hydroxylation sites is 1. The number of likely N-dealkylation sites (N-methyl/N-ethyl adjacent to an activating group) is 1. The van der Waals surface area contributed by atoms with E-state index in [0.717, 1.165) is 16.8 Å². The molecule has 1 aromatic carbocycles. The van der Waals surface area contributed by atoms with Crippen LogP contribution in [0.15, 0.2) is 34.9 Å². The number of hydrogen-bond acceptors (Lipinski definition) is 4. The second kappa shape index (κ2) is 4.92. The van der Waals surface area contributed by atoms with Gasteiger partial charge in [0.2, 0.25) is 0 Å². The third kappa shape index (κ3) is 2.29. The first-order valence-corrected chi connectivity index (χ1v) is 5.23. The fourth-order valence-corrected chi connectivity index (χ4v) is 1.61. The number of benzene rings is 1. The van der Waals surface area contributed by atoms with E-state index in [9.17, 15) is 5.11 Å². The van der Waals surface area contributed by atoms with Gasteiger partial charge in [0.1, 0.15) is 0 Å². The lowest BCUT2D eigenvalue weighted by atomic mass is 10.1. The Kier molecular flexibility index (Phi) is 3.34. The summed E-state index contributed by atoms with van der Waals surface area (Å²) < 4.78 is 0. The lowest BCUT2D eigenvalue weighted by Crippen LogP contribution is -2.25. The van der Waals surface area contributed by atoms with Crippen molar-refractivity contribution in [3.8, 4) is 0 Å². The molecule has 0 radical (unpaired) electrons. The van der Waals surface area contributed by atoms with Crippen LogP contribution >= 0.6 is 0 Å². The van der Waals surface area contributed by atoms with Crippen LogP contribution in [0.5, 0.6) is 0 Å². The van der Waals surface area contributed by atoms with Crippen molar-refractivity contribution in [3.63, 3.8) is 0 Å². The number of nitrogens with one attached hydrogen (secondary N) is 2. The summed E-state index contributed by atoms with van der Waals surface area (Å²) in [6.07, 6.45) is 3.06. The molecule has 1 aliphatic rings. The van der Waals surface area contributed by atoms with E-state index < -0.39 is 6.10 Å². The summed E-state index contributed by atoms with van der Waals surface area (Å²) in [5.41, 5.74) is 5.72. The zero-order chi connectivity index (χ0) is 11.4. The first-order chi connectivity index (χ1) is 7.81. The van der Waals surface area contributed by atoms with Crippen LogP contribution in [0.1, 0.15) is 5.56 Å². The molecule has 0 amide bonds. The lowest BCUT2D eigenvalue weighted by Gasteiger charge is -2.09. The van der Waals surface area contributed by atoms with E-state index in [2.05, 4.69) is 15.8 Å². The predicted molar refractivity (Wildman–Crippen MR) is 66.5 cm³/mol. The summed E-state index contributed by atoms with van der Waals surface area (Å²) >= 11 is 0. The van der Waals surface area contributed by atoms with Crippen LogP contribution in [-0.4, -0.2) is 31.0 Å². The highest BCUT2D eigenvalue weighted by atomic mass is 16.3. The Labute approximate surface area is 94.7 Å². The normalized spacial score (nSPS) is 15.8. The third-order valence-electron chi connectivity index (χ3n) is 2.46. The largest absolute Gasteiger partial charge is 0.387 e. The van der Waals surface area contributed by atoms with Crippen LogP contribution in [0.2, 0.25) is 0 Å². The highest BCUT2D eigenvalue weighted by Crippen LogP contribution is 2.21. The van der Waals surface area contributed by atoms with E-state index in [1.165, 1.54) is 0 Å². The molecular formula is C12H15N3O. The standard InChI is InChI=1S/C12H15N3O/c1-13-8-12(16)10-6-9-4-2-3-5-11(9)15-14-7-10/h2-7,12-13,15-16H,8H2,1H3. The second-order valence-corrected chi connectivity index (χ2v) is 3.68. The van der Waals surface area contributed by atoms with E-state index in [4.69, 9.17) is 0 Å². The molecule has 0 spiro atoms. The van der Waals surface area contributed by atoms with Gasteiger partial charge in [-0.25, -0.2) is 0 Å². The van der Waals surface area contributed by atoms with Gasteiger partial charge in [0.05, 0.1) is 18.0 Å². The van der Waals surface area contributed by atoms with Gasteiger partial charge in [0, 0.05) is 12.1 Å². The molecular weight excluding hydrogens is 202 g/mol. The molecule has 4 nitrogen and oxygen atoms in total. The molecule has 0 aromatic heterocycles. The number of aliphatic hydroxyl groups is 1. The summed E-state index contributed by atoms with van der Waals surface area (Å²) in [5.74, 6) is 0. The number of hydrazone groups is 1. The summed E-state index contributed by atoms with van der Waals surface area (Å²) in [5, 5.41) is 16.9. The SMILES string of the molecule is CNCC(O)C1=Cc2ccccc2NN=C1. The van der Waals surface area contributed by atoms with Crippen molar-refractivity contribution in [2.75, 3.05) is 19.0 Å². The van der Waals surface area contributed by atoms with Gasteiger partial charge in [-0.2, -0.15) is 5.10 Å². The van der Waals surface area contributed by atoms with Gasteiger partial charge >= 0.3 is 0 Å². The van der Waals surface area contributed by atoms with E-state index in [-0.39, 0.29) is 0 Å². The highest BCUT2D eigenvalue weighted by molar-refractivity contribution is 5.90. The Bertz CT molecular complexity index is 426. The maximum absolute atomic E-state index is 9.87. The molecule has 3 N–H and O–H groups in total. The van der Waals surface area contributed by atoms with Crippen molar-refractivity contribution in [2.45, 2.75) is 6.10 Å². The van der Waals surface area contributed by atoms with Gasteiger partial charge in [0.15, 0.2) is 0 Å². The Morgan fingerprint density at radius 3 is 3.06 bits per heavy atom.